The van der Waals surface area contributed by atoms with E-state index in [0.717, 1.165) is 27.8 Å². The molecule has 9 nitrogen and oxygen atoms in total. The molecule has 2 heterocycles. The van der Waals surface area contributed by atoms with Crippen molar-refractivity contribution >= 4 is 0 Å². The third-order valence-corrected chi connectivity index (χ3v) is 10.2. The second kappa shape index (κ2) is 20.2. The van der Waals surface area contributed by atoms with E-state index >= 15 is 0 Å². The van der Waals surface area contributed by atoms with E-state index in [2.05, 4.69) is 0 Å². The Kier molecular flexibility index (Phi) is 14.4. The first kappa shape index (κ1) is 40.0. The number of rotatable bonds is 17. The molecule has 294 valence electrons. The van der Waals surface area contributed by atoms with Crippen LogP contribution in [0, 0.1) is 0 Å². The Balaban J connectivity index is 1.21. The zero-order valence-corrected chi connectivity index (χ0v) is 32.0. The van der Waals surface area contributed by atoms with Crippen molar-refractivity contribution in [1.82, 2.24) is 0 Å². The van der Waals surface area contributed by atoms with E-state index in [0.29, 0.717) is 19.8 Å². The molecule has 10 atom stereocenters. The van der Waals surface area contributed by atoms with Crippen molar-refractivity contribution in [3.63, 3.8) is 0 Å². The van der Waals surface area contributed by atoms with Crippen molar-refractivity contribution in [1.29, 1.82) is 0 Å². The van der Waals surface area contributed by atoms with Crippen LogP contribution in [-0.4, -0.2) is 66.5 Å². The number of aliphatic hydroxyl groups excluding tert-OH is 1. The van der Waals surface area contributed by atoms with Gasteiger partial charge >= 0.3 is 0 Å². The summed E-state index contributed by atoms with van der Waals surface area (Å²) in [6.07, 6.45) is -7.62. The van der Waals surface area contributed by atoms with Crippen molar-refractivity contribution in [3.8, 4) is 0 Å². The SMILES string of the molecule is C[C@H]1O[C@H](O[C@@H]2[C@H](OCc3ccccc3)[C@H](O)O[C@H](C)[C@H]2OCc2ccccc2)[C@@H](OCc2ccccc2)[C@@H](OCc2ccccc2)[C@@H]1OCc1ccccc1. The van der Waals surface area contributed by atoms with Crippen LogP contribution in [0.2, 0.25) is 0 Å². The molecular formula is C47H52O9. The average Bonchev–Trinajstić information content (AvgIpc) is 3.23. The first-order valence-corrected chi connectivity index (χ1v) is 19.4. The smallest absolute Gasteiger partial charge is 0.187 e. The predicted octanol–water partition coefficient (Wildman–Crippen LogP) is 7.78. The Morgan fingerprint density at radius 3 is 1.07 bits per heavy atom. The predicted molar refractivity (Wildman–Crippen MR) is 211 cm³/mol. The van der Waals surface area contributed by atoms with Crippen LogP contribution in [0.4, 0.5) is 0 Å². The maximum atomic E-state index is 11.5. The van der Waals surface area contributed by atoms with Crippen molar-refractivity contribution < 1.29 is 43.0 Å². The third kappa shape index (κ3) is 10.8. The van der Waals surface area contributed by atoms with Crippen LogP contribution in [0.15, 0.2) is 152 Å². The van der Waals surface area contributed by atoms with Crippen LogP contribution >= 0.6 is 0 Å². The Hall–Kier alpha value is -4.26. The van der Waals surface area contributed by atoms with Crippen LogP contribution in [0.25, 0.3) is 0 Å². The zero-order chi connectivity index (χ0) is 38.5. The highest BCUT2D eigenvalue weighted by Crippen LogP contribution is 2.35. The third-order valence-electron chi connectivity index (χ3n) is 10.2. The van der Waals surface area contributed by atoms with Crippen LogP contribution in [0.3, 0.4) is 0 Å². The topological polar surface area (TPSA) is 94.1 Å². The van der Waals surface area contributed by atoms with Crippen molar-refractivity contribution in [3.05, 3.63) is 179 Å². The Bertz CT molecular complexity index is 1780. The van der Waals surface area contributed by atoms with E-state index in [4.69, 9.17) is 37.9 Å². The van der Waals surface area contributed by atoms with Crippen molar-refractivity contribution in [2.24, 2.45) is 0 Å². The molecule has 0 saturated carbocycles. The minimum Gasteiger partial charge on any atom is -0.368 e. The van der Waals surface area contributed by atoms with Crippen molar-refractivity contribution in [2.75, 3.05) is 0 Å². The summed E-state index contributed by atoms with van der Waals surface area (Å²) in [6, 6.07) is 49.8. The number of aliphatic hydroxyl groups is 1. The summed E-state index contributed by atoms with van der Waals surface area (Å²) in [6.45, 7) is 5.31. The fraction of sp³-hybridized carbons (Fsp3) is 0.362. The van der Waals surface area contributed by atoms with E-state index in [1.807, 2.05) is 166 Å². The van der Waals surface area contributed by atoms with E-state index < -0.39 is 61.4 Å². The molecule has 2 aliphatic rings. The maximum absolute atomic E-state index is 11.5. The van der Waals surface area contributed by atoms with Gasteiger partial charge in [-0.1, -0.05) is 152 Å². The summed E-state index contributed by atoms with van der Waals surface area (Å²) >= 11 is 0. The van der Waals surface area contributed by atoms with Gasteiger partial charge in [0, 0.05) is 0 Å². The molecule has 0 aromatic heterocycles. The minimum atomic E-state index is -1.30. The first-order chi connectivity index (χ1) is 27.5. The Morgan fingerprint density at radius 2 is 0.679 bits per heavy atom. The van der Waals surface area contributed by atoms with Gasteiger partial charge in [-0.3, -0.25) is 0 Å². The van der Waals surface area contributed by atoms with Gasteiger partial charge in [-0.2, -0.15) is 0 Å². The van der Waals surface area contributed by atoms with Gasteiger partial charge in [0.05, 0.1) is 45.2 Å². The lowest BCUT2D eigenvalue weighted by Gasteiger charge is -2.49. The molecule has 2 saturated heterocycles. The molecule has 9 heteroatoms. The van der Waals surface area contributed by atoms with Gasteiger partial charge < -0.3 is 43.0 Å². The average molecular weight is 761 g/mol. The summed E-state index contributed by atoms with van der Waals surface area (Å²) in [5.41, 5.74) is 4.96. The molecule has 0 radical (unpaired) electrons. The second-order valence-electron chi connectivity index (χ2n) is 14.3. The van der Waals surface area contributed by atoms with Crippen molar-refractivity contribution in [2.45, 2.75) is 108 Å². The Morgan fingerprint density at radius 1 is 0.375 bits per heavy atom. The quantitative estimate of drug-likeness (QED) is 0.102. The summed E-state index contributed by atoms with van der Waals surface area (Å²) in [5, 5.41) is 11.5. The fourth-order valence-electron chi connectivity index (χ4n) is 7.22. The fourth-order valence-corrected chi connectivity index (χ4v) is 7.22. The highest BCUT2D eigenvalue weighted by atomic mass is 16.7. The number of benzene rings is 5. The summed E-state index contributed by atoms with van der Waals surface area (Å²) < 4.78 is 53.3. The van der Waals surface area contributed by atoms with Gasteiger partial charge in [0.2, 0.25) is 0 Å². The van der Waals surface area contributed by atoms with Crippen LogP contribution in [0.1, 0.15) is 41.7 Å². The summed E-state index contributed by atoms with van der Waals surface area (Å²) in [5.74, 6) is 0. The minimum absolute atomic E-state index is 0.222. The van der Waals surface area contributed by atoms with E-state index in [1.54, 1.807) is 0 Å². The molecule has 0 unspecified atom stereocenters. The molecular weight excluding hydrogens is 709 g/mol. The van der Waals surface area contributed by atoms with Gasteiger partial charge in [0.15, 0.2) is 12.6 Å². The molecule has 0 bridgehead atoms. The Labute approximate surface area is 330 Å². The van der Waals surface area contributed by atoms with Gasteiger partial charge in [-0.15, -0.1) is 0 Å². The first-order valence-electron chi connectivity index (χ1n) is 19.4. The summed E-state index contributed by atoms with van der Waals surface area (Å²) in [7, 11) is 0. The van der Waals surface area contributed by atoms with E-state index in [-0.39, 0.29) is 13.2 Å². The van der Waals surface area contributed by atoms with Crippen LogP contribution in [-0.2, 0) is 70.9 Å². The standard InChI is InChI=1S/C47H52O9/c1-33-41(50-29-36-20-10-4-11-21-36)43(44(46(48)54-33)52-31-38-24-14-6-15-25-38)56-47-45(53-32-39-26-16-7-17-27-39)42(51-30-37-22-12-5-13-23-37)40(34(2)55-47)49-28-35-18-8-3-9-19-35/h3-27,33-34,40-48H,28-32H2,1-2H3/t33-,34-,40-,41-,42+,43+,44+,45+,46-,47-/m1/s1. The molecule has 56 heavy (non-hydrogen) atoms. The maximum Gasteiger partial charge on any atom is 0.187 e. The zero-order valence-electron chi connectivity index (χ0n) is 32.0. The normalized spacial score (nSPS) is 27.8. The summed E-state index contributed by atoms with van der Waals surface area (Å²) in [4.78, 5) is 0. The van der Waals surface area contributed by atoms with Gasteiger partial charge in [0.1, 0.15) is 36.6 Å². The number of hydrogen-bond acceptors (Lipinski definition) is 9. The van der Waals surface area contributed by atoms with Gasteiger partial charge in [0.25, 0.3) is 0 Å². The molecule has 1 N–H and O–H groups in total. The van der Waals surface area contributed by atoms with E-state index in [1.165, 1.54) is 0 Å². The molecule has 2 aliphatic heterocycles. The highest BCUT2D eigenvalue weighted by Gasteiger charge is 2.52. The lowest BCUT2D eigenvalue weighted by atomic mass is 9.96. The highest BCUT2D eigenvalue weighted by molar-refractivity contribution is 5.17. The molecule has 7 rings (SSSR count). The van der Waals surface area contributed by atoms with Crippen LogP contribution in [0.5, 0.6) is 0 Å². The molecule has 5 aromatic rings. The lowest BCUT2D eigenvalue weighted by Crippen LogP contribution is -2.65. The number of hydrogen-bond donors (Lipinski definition) is 1. The molecule has 0 aliphatic carbocycles. The monoisotopic (exact) mass is 760 g/mol. The molecule has 2 fully saturated rings. The molecule has 5 aromatic carbocycles. The molecule has 0 amide bonds. The largest absolute Gasteiger partial charge is 0.368 e. The van der Waals surface area contributed by atoms with E-state index in [9.17, 15) is 5.11 Å². The molecule has 0 spiro atoms. The van der Waals surface area contributed by atoms with Gasteiger partial charge in [-0.05, 0) is 41.7 Å². The van der Waals surface area contributed by atoms with Gasteiger partial charge in [-0.25, -0.2) is 0 Å². The number of ether oxygens (including phenoxy) is 8. The second-order valence-corrected chi connectivity index (χ2v) is 14.3. The lowest BCUT2D eigenvalue weighted by molar-refractivity contribution is -0.369. The van der Waals surface area contributed by atoms with Crippen LogP contribution < -0.4 is 0 Å².